The van der Waals surface area contributed by atoms with Gasteiger partial charge in [0.2, 0.25) is 0 Å². The van der Waals surface area contributed by atoms with Crippen molar-refractivity contribution in [1.82, 2.24) is 15.5 Å². The lowest BCUT2D eigenvalue weighted by Crippen LogP contribution is -2.54. The maximum absolute atomic E-state index is 12.8. The predicted molar refractivity (Wildman–Crippen MR) is 102 cm³/mol. The first-order chi connectivity index (χ1) is 13.3. The van der Waals surface area contributed by atoms with E-state index in [2.05, 4.69) is 10.6 Å². The number of imide groups is 1. The highest BCUT2D eigenvalue weighted by atomic mass is 32.1. The van der Waals surface area contributed by atoms with E-state index in [0.29, 0.717) is 6.42 Å². The van der Waals surface area contributed by atoms with Crippen LogP contribution < -0.4 is 10.6 Å². The Bertz CT molecular complexity index is 766. The molecule has 1 spiro atoms. The first-order valence-corrected chi connectivity index (χ1v) is 10.3. The van der Waals surface area contributed by atoms with E-state index >= 15 is 0 Å². The summed E-state index contributed by atoms with van der Waals surface area (Å²) in [6, 6.07) is 3.03. The standard InChI is InChI=1S/C19H25N3O5S/c1-12-6-3-4-8-19(12)17(25)22(18(26)21-19)10-16(24)27-11-15(23)20-13(2)14-7-5-9-28-14/h5,7,9,12-13H,3-4,6,8,10-11H2,1-2H3,(H,20,23)(H,21,26)/t12-,13-,19-/m0/s1. The minimum atomic E-state index is -0.914. The Morgan fingerprint density at radius 2 is 2.21 bits per heavy atom. The number of hydrogen-bond acceptors (Lipinski definition) is 6. The highest BCUT2D eigenvalue weighted by molar-refractivity contribution is 7.10. The third-order valence-electron chi connectivity index (χ3n) is 5.50. The number of amides is 4. The molecule has 1 aliphatic heterocycles. The Kier molecular flexibility index (Phi) is 6.02. The molecule has 2 N–H and O–H groups in total. The molecular formula is C19H25N3O5S. The van der Waals surface area contributed by atoms with E-state index < -0.39 is 36.6 Å². The molecule has 1 aliphatic carbocycles. The van der Waals surface area contributed by atoms with E-state index in [0.717, 1.165) is 29.0 Å². The van der Waals surface area contributed by atoms with Gasteiger partial charge in [0, 0.05) is 4.88 Å². The monoisotopic (exact) mass is 407 g/mol. The van der Waals surface area contributed by atoms with Gasteiger partial charge in [-0.3, -0.25) is 19.3 Å². The molecule has 0 radical (unpaired) electrons. The lowest BCUT2D eigenvalue weighted by Gasteiger charge is -2.36. The molecule has 4 amide bonds. The summed E-state index contributed by atoms with van der Waals surface area (Å²) in [6.45, 7) is 2.83. The highest BCUT2D eigenvalue weighted by Gasteiger charge is 2.55. The van der Waals surface area contributed by atoms with Gasteiger partial charge in [0.15, 0.2) is 6.61 Å². The van der Waals surface area contributed by atoms with Crippen molar-refractivity contribution in [3.63, 3.8) is 0 Å². The second-order valence-electron chi connectivity index (χ2n) is 7.40. The molecular weight excluding hydrogens is 382 g/mol. The molecule has 2 heterocycles. The Morgan fingerprint density at radius 1 is 1.43 bits per heavy atom. The van der Waals surface area contributed by atoms with Crippen LogP contribution in [-0.2, 0) is 19.1 Å². The van der Waals surface area contributed by atoms with Gasteiger partial charge in [0.1, 0.15) is 12.1 Å². The molecule has 1 aromatic heterocycles. The molecule has 1 aromatic rings. The number of thiophene rings is 1. The van der Waals surface area contributed by atoms with Gasteiger partial charge >= 0.3 is 12.0 Å². The van der Waals surface area contributed by atoms with Gasteiger partial charge in [0.25, 0.3) is 11.8 Å². The fourth-order valence-corrected chi connectivity index (χ4v) is 4.59. The Morgan fingerprint density at radius 3 is 2.89 bits per heavy atom. The summed E-state index contributed by atoms with van der Waals surface area (Å²) in [5, 5.41) is 7.43. The van der Waals surface area contributed by atoms with E-state index in [-0.39, 0.29) is 17.9 Å². The van der Waals surface area contributed by atoms with Crippen LogP contribution in [0, 0.1) is 5.92 Å². The third-order valence-corrected chi connectivity index (χ3v) is 6.56. The van der Waals surface area contributed by atoms with Gasteiger partial charge in [-0.1, -0.05) is 25.8 Å². The van der Waals surface area contributed by atoms with Crippen molar-refractivity contribution in [3.05, 3.63) is 22.4 Å². The maximum atomic E-state index is 12.8. The fraction of sp³-hybridized carbons (Fsp3) is 0.579. The van der Waals surface area contributed by atoms with Gasteiger partial charge in [-0.2, -0.15) is 0 Å². The molecule has 9 heteroatoms. The molecule has 2 fully saturated rings. The summed E-state index contributed by atoms with van der Waals surface area (Å²) < 4.78 is 4.96. The molecule has 3 atom stereocenters. The zero-order chi connectivity index (χ0) is 20.3. The van der Waals surface area contributed by atoms with Crippen molar-refractivity contribution in [3.8, 4) is 0 Å². The first-order valence-electron chi connectivity index (χ1n) is 9.46. The van der Waals surface area contributed by atoms with Crippen molar-refractivity contribution >= 4 is 35.2 Å². The van der Waals surface area contributed by atoms with E-state index in [1.54, 1.807) is 0 Å². The van der Waals surface area contributed by atoms with Crippen LogP contribution in [0.15, 0.2) is 17.5 Å². The quantitative estimate of drug-likeness (QED) is 0.554. The smallest absolute Gasteiger partial charge is 0.326 e. The van der Waals surface area contributed by atoms with Crippen LogP contribution in [0.3, 0.4) is 0 Å². The molecule has 152 valence electrons. The molecule has 2 aliphatic rings. The lowest BCUT2D eigenvalue weighted by atomic mass is 9.73. The minimum Gasteiger partial charge on any atom is -0.454 e. The lowest BCUT2D eigenvalue weighted by molar-refractivity contribution is -0.151. The minimum absolute atomic E-state index is 0.0169. The largest absolute Gasteiger partial charge is 0.454 e. The van der Waals surface area contributed by atoms with E-state index in [4.69, 9.17) is 4.74 Å². The number of ether oxygens (including phenoxy) is 1. The zero-order valence-corrected chi connectivity index (χ0v) is 16.8. The molecule has 0 aromatic carbocycles. The Hall–Kier alpha value is -2.42. The van der Waals surface area contributed by atoms with Gasteiger partial charge in [-0.15, -0.1) is 11.3 Å². The number of carbonyl (C=O) groups excluding carboxylic acids is 4. The van der Waals surface area contributed by atoms with Crippen molar-refractivity contribution in [1.29, 1.82) is 0 Å². The second-order valence-corrected chi connectivity index (χ2v) is 8.38. The van der Waals surface area contributed by atoms with Crippen LogP contribution in [0.4, 0.5) is 4.79 Å². The summed E-state index contributed by atoms with van der Waals surface area (Å²) in [6.07, 6.45) is 3.31. The van der Waals surface area contributed by atoms with Crippen molar-refractivity contribution in [2.75, 3.05) is 13.2 Å². The van der Waals surface area contributed by atoms with Crippen LogP contribution in [0.5, 0.6) is 0 Å². The first kappa shape index (κ1) is 20.3. The number of nitrogens with zero attached hydrogens (tertiary/aromatic N) is 1. The van der Waals surface area contributed by atoms with E-state index in [1.807, 2.05) is 31.4 Å². The van der Waals surface area contributed by atoms with Crippen LogP contribution in [0.2, 0.25) is 0 Å². The molecule has 1 saturated heterocycles. The van der Waals surface area contributed by atoms with E-state index in [1.165, 1.54) is 11.3 Å². The van der Waals surface area contributed by atoms with E-state index in [9.17, 15) is 19.2 Å². The Balaban J connectivity index is 1.50. The number of rotatable bonds is 6. The van der Waals surface area contributed by atoms with Gasteiger partial charge < -0.3 is 15.4 Å². The molecule has 0 unspecified atom stereocenters. The van der Waals surface area contributed by atoms with Crippen LogP contribution >= 0.6 is 11.3 Å². The summed E-state index contributed by atoms with van der Waals surface area (Å²) in [4.78, 5) is 51.0. The molecule has 28 heavy (non-hydrogen) atoms. The number of esters is 1. The normalized spacial score (nSPS) is 25.5. The predicted octanol–water partition coefficient (Wildman–Crippen LogP) is 1.97. The SMILES string of the molecule is C[C@H](NC(=O)COC(=O)CN1C(=O)N[C@]2(CCCC[C@@H]2C)C1=O)c1cccs1. The summed E-state index contributed by atoms with van der Waals surface area (Å²) >= 11 is 1.52. The average Bonchev–Trinajstić information content (AvgIpc) is 3.27. The topological polar surface area (TPSA) is 105 Å². The fourth-order valence-electron chi connectivity index (χ4n) is 3.85. The molecule has 0 bridgehead atoms. The summed E-state index contributed by atoms with van der Waals surface area (Å²) in [5.74, 6) is -1.59. The van der Waals surface area contributed by atoms with Gasteiger partial charge in [0.05, 0.1) is 6.04 Å². The van der Waals surface area contributed by atoms with Crippen molar-refractivity contribution in [2.45, 2.75) is 51.1 Å². The molecule has 8 nitrogen and oxygen atoms in total. The number of hydrogen-bond donors (Lipinski definition) is 2. The number of nitrogens with one attached hydrogen (secondary N) is 2. The summed E-state index contributed by atoms with van der Waals surface area (Å²) in [5.41, 5.74) is -0.914. The highest BCUT2D eigenvalue weighted by Crippen LogP contribution is 2.38. The van der Waals surface area contributed by atoms with Gasteiger partial charge in [-0.05, 0) is 37.1 Å². The second kappa shape index (κ2) is 8.30. The summed E-state index contributed by atoms with van der Waals surface area (Å²) in [7, 11) is 0. The average molecular weight is 407 g/mol. The zero-order valence-electron chi connectivity index (χ0n) is 16.0. The van der Waals surface area contributed by atoms with Crippen LogP contribution in [-0.4, -0.2) is 47.4 Å². The maximum Gasteiger partial charge on any atom is 0.326 e. The van der Waals surface area contributed by atoms with Crippen LogP contribution in [0.25, 0.3) is 0 Å². The number of carbonyl (C=O) groups is 4. The van der Waals surface area contributed by atoms with Crippen molar-refractivity contribution in [2.24, 2.45) is 5.92 Å². The number of urea groups is 1. The van der Waals surface area contributed by atoms with Crippen molar-refractivity contribution < 1.29 is 23.9 Å². The Labute approximate surface area is 167 Å². The third kappa shape index (κ3) is 4.04. The van der Waals surface area contributed by atoms with Crippen LogP contribution in [0.1, 0.15) is 50.4 Å². The molecule has 3 rings (SSSR count). The van der Waals surface area contributed by atoms with Gasteiger partial charge in [-0.25, -0.2) is 4.79 Å². The molecule has 1 saturated carbocycles.